The van der Waals surface area contributed by atoms with E-state index in [2.05, 4.69) is 38.2 Å². The molecule has 0 rings (SSSR count). The molecule has 360 valence electrons. The van der Waals surface area contributed by atoms with E-state index in [0.717, 1.165) is 57.8 Å². The minimum absolute atomic E-state index is 0.0317. The van der Waals surface area contributed by atoms with E-state index in [-0.39, 0.29) is 32.0 Å². The van der Waals surface area contributed by atoms with E-state index < -0.39 is 26.5 Å². The zero-order valence-electron chi connectivity index (χ0n) is 40.6. The largest absolute Gasteiger partial charge is 0.756 e. The fourth-order valence-corrected chi connectivity index (χ4v) is 7.94. The summed E-state index contributed by atoms with van der Waals surface area (Å²) >= 11 is 0. The minimum Gasteiger partial charge on any atom is -0.756 e. The van der Waals surface area contributed by atoms with Gasteiger partial charge in [-0.05, 0) is 44.9 Å². The normalized spacial score (nSPS) is 13.6. The van der Waals surface area contributed by atoms with Crippen LogP contribution < -0.4 is 4.89 Å². The molecule has 0 spiro atoms. The molecule has 0 aliphatic heterocycles. The van der Waals surface area contributed by atoms with Crippen LogP contribution >= 0.6 is 7.82 Å². The summed E-state index contributed by atoms with van der Waals surface area (Å²) in [6.07, 6.45) is 49.2. The Labute approximate surface area is 377 Å². The maximum absolute atomic E-state index is 12.7. The summed E-state index contributed by atoms with van der Waals surface area (Å²) in [4.78, 5) is 37.7. The summed E-state index contributed by atoms with van der Waals surface area (Å²) in [5.41, 5.74) is 0. The highest BCUT2D eigenvalue weighted by molar-refractivity contribution is 7.45. The van der Waals surface area contributed by atoms with Gasteiger partial charge in [-0.25, -0.2) is 0 Å². The van der Waals surface area contributed by atoms with Crippen molar-refractivity contribution >= 4 is 19.8 Å². The molecule has 10 heteroatoms. The number of esters is 2. The molecular weight excluding hydrogens is 786 g/mol. The molecule has 0 N–H and O–H groups in total. The molecular formula is C51H98NO8P. The van der Waals surface area contributed by atoms with Crippen LogP contribution in [0, 0.1) is 0 Å². The highest BCUT2D eigenvalue weighted by Crippen LogP contribution is 2.38. The van der Waals surface area contributed by atoms with Crippen LogP contribution in [0.25, 0.3) is 0 Å². The zero-order valence-corrected chi connectivity index (χ0v) is 41.5. The van der Waals surface area contributed by atoms with Gasteiger partial charge >= 0.3 is 11.9 Å². The van der Waals surface area contributed by atoms with Gasteiger partial charge in [0.15, 0.2) is 6.10 Å². The van der Waals surface area contributed by atoms with Crippen LogP contribution in [0.1, 0.15) is 239 Å². The van der Waals surface area contributed by atoms with Crippen molar-refractivity contribution in [3.63, 3.8) is 0 Å². The first-order valence-electron chi connectivity index (χ1n) is 25.5. The lowest BCUT2D eigenvalue weighted by atomic mass is 10.0. The topological polar surface area (TPSA) is 111 Å². The molecule has 0 radical (unpaired) electrons. The second kappa shape index (κ2) is 43.7. The predicted octanol–water partition coefficient (Wildman–Crippen LogP) is 14.5. The van der Waals surface area contributed by atoms with E-state index in [1.54, 1.807) is 0 Å². The zero-order chi connectivity index (χ0) is 45.0. The second-order valence-corrected chi connectivity index (χ2v) is 20.0. The maximum Gasteiger partial charge on any atom is 0.306 e. The van der Waals surface area contributed by atoms with Crippen LogP contribution in [-0.2, 0) is 32.7 Å². The van der Waals surface area contributed by atoms with Gasteiger partial charge in [0.25, 0.3) is 7.82 Å². The number of rotatable bonds is 47. The van der Waals surface area contributed by atoms with E-state index in [1.165, 1.54) is 148 Å². The van der Waals surface area contributed by atoms with Crippen LogP contribution in [0.4, 0.5) is 0 Å². The number of carbonyl (C=O) groups excluding carboxylic acids is 2. The standard InChI is InChI=1S/C51H98NO8P/c1-6-8-10-12-14-16-18-20-22-23-24-25-26-27-28-30-31-33-35-37-39-41-43-50(53)57-47-49(48-59-61(55,56)58-46-45-52(3,4)5)60-51(54)44-42-40-38-36-34-32-29-21-19-17-15-13-11-9-7-2/h15,17,21,29,49H,6-14,16,18-20,22-28,30-48H2,1-5H3/b17-15-,29-21-. The first kappa shape index (κ1) is 59.5. The van der Waals surface area contributed by atoms with Gasteiger partial charge in [0.2, 0.25) is 0 Å². The van der Waals surface area contributed by atoms with Crippen molar-refractivity contribution in [2.75, 3.05) is 47.5 Å². The number of ether oxygens (including phenoxy) is 2. The van der Waals surface area contributed by atoms with E-state index >= 15 is 0 Å². The van der Waals surface area contributed by atoms with Gasteiger partial charge in [-0.1, -0.05) is 205 Å². The van der Waals surface area contributed by atoms with E-state index in [1.807, 2.05) is 21.1 Å². The van der Waals surface area contributed by atoms with E-state index in [9.17, 15) is 19.0 Å². The van der Waals surface area contributed by atoms with Crippen molar-refractivity contribution in [2.45, 2.75) is 245 Å². The molecule has 2 atom stereocenters. The van der Waals surface area contributed by atoms with Crippen molar-refractivity contribution in [2.24, 2.45) is 0 Å². The molecule has 0 amide bonds. The molecule has 0 aromatic carbocycles. The van der Waals surface area contributed by atoms with Gasteiger partial charge in [-0.15, -0.1) is 0 Å². The van der Waals surface area contributed by atoms with Gasteiger partial charge in [-0.2, -0.15) is 0 Å². The molecule has 0 aromatic heterocycles. The lowest BCUT2D eigenvalue weighted by Crippen LogP contribution is -2.37. The number of carbonyl (C=O) groups is 2. The summed E-state index contributed by atoms with van der Waals surface area (Å²) < 4.78 is 34.0. The van der Waals surface area contributed by atoms with Crippen LogP contribution in [0.2, 0.25) is 0 Å². The molecule has 61 heavy (non-hydrogen) atoms. The molecule has 0 saturated carbocycles. The summed E-state index contributed by atoms with van der Waals surface area (Å²) in [5, 5.41) is 0. The number of likely N-dealkylation sites (N-methyl/N-ethyl adjacent to an activating group) is 1. The Kier molecular flexibility index (Phi) is 42.6. The quantitative estimate of drug-likeness (QED) is 0.0195. The van der Waals surface area contributed by atoms with Gasteiger partial charge in [0.1, 0.15) is 19.8 Å². The summed E-state index contributed by atoms with van der Waals surface area (Å²) in [6.45, 7) is 4.22. The summed E-state index contributed by atoms with van der Waals surface area (Å²) in [5.74, 6) is -0.839. The molecule has 0 bridgehead atoms. The van der Waals surface area contributed by atoms with E-state index in [0.29, 0.717) is 17.4 Å². The number of quaternary nitrogens is 1. The van der Waals surface area contributed by atoms with Crippen LogP contribution in [0.5, 0.6) is 0 Å². The number of nitrogens with zero attached hydrogens (tertiary/aromatic N) is 1. The number of hydrogen-bond acceptors (Lipinski definition) is 8. The smallest absolute Gasteiger partial charge is 0.306 e. The van der Waals surface area contributed by atoms with Gasteiger partial charge in [0, 0.05) is 12.8 Å². The molecule has 0 aliphatic rings. The predicted molar refractivity (Wildman–Crippen MR) is 254 cm³/mol. The number of unbranched alkanes of at least 4 members (excludes halogenated alkanes) is 29. The fourth-order valence-electron chi connectivity index (χ4n) is 7.22. The Morgan fingerprint density at radius 2 is 0.885 bits per heavy atom. The monoisotopic (exact) mass is 884 g/mol. The average molecular weight is 884 g/mol. The number of allylic oxidation sites excluding steroid dienone is 4. The van der Waals surface area contributed by atoms with Crippen molar-refractivity contribution in [3.8, 4) is 0 Å². The summed E-state index contributed by atoms with van der Waals surface area (Å²) in [7, 11) is 1.16. The van der Waals surface area contributed by atoms with E-state index in [4.69, 9.17) is 18.5 Å². The molecule has 0 saturated heterocycles. The lowest BCUT2D eigenvalue weighted by molar-refractivity contribution is -0.870. The Morgan fingerprint density at radius 3 is 1.33 bits per heavy atom. The highest BCUT2D eigenvalue weighted by Gasteiger charge is 2.21. The number of phosphoric acid groups is 1. The Bertz CT molecular complexity index is 1090. The van der Waals surface area contributed by atoms with Gasteiger partial charge < -0.3 is 27.9 Å². The summed E-state index contributed by atoms with van der Waals surface area (Å²) in [6, 6.07) is 0. The number of hydrogen-bond donors (Lipinski definition) is 0. The second-order valence-electron chi connectivity index (χ2n) is 18.5. The third-order valence-corrected chi connectivity index (χ3v) is 12.2. The van der Waals surface area contributed by atoms with Crippen molar-refractivity contribution in [1.29, 1.82) is 0 Å². The molecule has 0 fully saturated rings. The first-order valence-corrected chi connectivity index (χ1v) is 27.0. The average Bonchev–Trinajstić information content (AvgIpc) is 3.21. The fraction of sp³-hybridized carbons (Fsp3) is 0.882. The van der Waals surface area contributed by atoms with Crippen molar-refractivity contribution < 1.29 is 42.1 Å². The van der Waals surface area contributed by atoms with Crippen molar-refractivity contribution in [3.05, 3.63) is 24.3 Å². The first-order chi connectivity index (χ1) is 29.5. The van der Waals surface area contributed by atoms with Gasteiger partial charge in [0.05, 0.1) is 27.7 Å². The Morgan fingerprint density at radius 1 is 0.508 bits per heavy atom. The van der Waals surface area contributed by atoms with Crippen LogP contribution in [0.3, 0.4) is 0 Å². The van der Waals surface area contributed by atoms with Crippen LogP contribution in [0.15, 0.2) is 24.3 Å². The molecule has 9 nitrogen and oxygen atoms in total. The SMILES string of the molecule is CCCCC/C=C\C/C=C\CCCCCCCC(=O)OC(COC(=O)CCCCCCCCCCCCCCCCCCCCCCCC)COP(=O)([O-])OCC[N+](C)(C)C. The maximum atomic E-state index is 12.7. The molecule has 2 unspecified atom stereocenters. The highest BCUT2D eigenvalue weighted by atomic mass is 31.2. The molecule has 0 heterocycles. The van der Waals surface area contributed by atoms with Crippen LogP contribution in [-0.4, -0.2) is 70.0 Å². The molecule has 0 aliphatic carbocycles. The van der Waals surface area contributed by atoms with Crippen molar-refractivity contribution in [1.82, 2.24) is 0 Å². The Hall–Kier alpha value is -1.51. The van der Waals surface area contributed by atoms with Gasteiger partial charge in [-0.3, -0.25) is 14.2 Å². The third kappa shape index (κ3) is 47.8. The lowest BCUT2D eigenvalue weighted by Gasteiger charge is -2.28. The number of phosphoric ester groups is 1. The molecule has 0 aromatic rings. The Balaban J connectivity index is 4.20. The minimum atomic E-state index is -4.63. The third-order valence-electron chi connectivity index (χ3n) is 11.2.